The Labute approximate surface area is 140 Å². The van der Waals surface area contributed by atoms with Crippen LogP contribution < -0.4 is 4.74 Å². The van der Waals surface area contributed by atoms with E-state index >= 15 is 0 Å². The van der Waals surface area contributed by atoms with Crippen molar-refractivity contribution in [3.05, 3.63) is 53.6 Å². The average molecular weight is 309 g/mol. The highest BCUT2D eigenvalue weighted by molar-refractivity contribution is 5.89. The van der Waals surface area contributed by atoms with E-state index < -0.39 is 0 Å². The molecule has 0 bridgehead atoms. The second-order valence-corrected chi connectivity index (χ2v) is 6.67. The Morgan fingerprint density at radius 3 is 2.35 bits per heavy atom. The molecule has 0 aliphatic rings. The number of benzene rings is 2. The normalized spacial score (nSPS) is 11.6. The van der Waals surface area contributed by atoms with Gasteiger partial charge in [0.05, 0.1) is 6.61 Å². The Bertz CT molecular complexity index is 657. The van der Waals surface area contributed by atoms with Gasteiger partial charge in [-0.25, -0.2) is 0 Å². The molecule has 2 nitrogen and oxygen atoms in total. The molecule has 0 atom stereocenters. The molecule has 0 radical (unpaired) electrons. The third-order valence-electron chi connectivity index (χ3n) is 3.42. The van der Waals surface area contributed by atoms with Crippen molar-refractivity contribution >= 4 is 6.21 Å². The first-order valence-corrected chi connectivity index (χ1v) is 8.33. The Morgan fingerprint density at radius 2 is 1.74 bits per heavy atom. The minimum Gasteiger partial charge on any atom is -0.492 e. The molecule has 0 saturated heterocycles. The van der Waals surface area contributed by atoms with Crippen LogP contribution in [0.5, 0.6) is 5.75 Å². The van der Waals surface area contributed by atoms with Crippen LogP contribution >= 0.6 is 0 Å². The molecule has 2 aromatic rings. The first-order chi connectivity index (χ1) is 11.0. The van der Waals surface area contributed by atoms with Crippen molar-refractivity contribution in [1.29, 1.82) is 0 Å². The molecular weight excluding hydrogens is 282 g/mol. The number of aliphatic imine (C=N–C) groups is 1. The van der Waals surface area contributed by atoms with E-state index in [1.54, 1.807) is 0 Å². The Kier molecular flexibility index (Phi) is 5.97. The molecule has 0 saturated carbocycles. The Morgan fingerprint density at radius 1 is 1.04 bits per heavy atom. The number of hydrogen-bond donors (Lipinski definition) is 0. The van der Waals surface area contributed by atoms with Gasteiger partial charge in [-0.2, -0.15) is 0 Å². The van der Waals surface area contributed by atoms with Crippen molar-refractivity contribution in [2.24, 2.45) is 10.9 Å². The molecule has 0 heterocycles. The summed E-state index contributed by atoms with van der Waals surface area (Å²) < 4.78 is 6.18. The van der Waals surface area contributed by atoms with E-state index in [-0.39, 0.29) is 6.04 Å². The fourth-order valence-electron chi connectivity index (χ4n) is 2.37. The number of nitrogens with zero attached hydrogens (tertiary/aromatic N) is 1. The molecule has 0 aliphatic carbocycles. The van der Waals surface area contributed by atoms with Gasteiger partial charge in [-0.15, -0.1) is 0 Å². The Hall–Kier alpha value is -2.09. The fourth-order valence-corrected chi connectivity index (χ4v) is 2.37. The van der Waals surface area contributed by atoms with Crippen molar-refractivity contribution in [2.75, 3.05) is 6.61 Å². The molecule has 0 aliphatic heterocycles. The second-order valence-electron chi connectivity index (χ2n) is 6.67. The third kappa shape index (κ3) is 4.95. The van der Waals surface area contributed by atoms with E-state index in [1.807, 2.05) is 12.3 Å². The average Bonchev–Trinajstić information content (AvgIpc) is 2.51. The van der Waals surface area contributed by atoms with Crippen LogP contribution in [-0.2, 0) is 0 Å². The van der Waals surface area contributed by atoms with Crippen molar-refractivity contribution in [3.63, 3.8) is 0 Å². The largest absolute Gasteiger partial charge is 0.492 e. The minimum absolute atomic E-state index is 0.272. The van der Waals surface area contributed by atoms with Gasteiger partial charge in [-0.05, 0) is 49.9 Å². The maximum atomic E-state index is 6.18. The van der Waals surface area contributed by atoms with Crippen molar-refractivity contribution in [2.45, 2.75) is 40.7 Å². The molecule has 0 fully saturated rings. The molecule has 0 spiro atoms. The van der Waals surface area contributed by atoms with E-state index in [9.17, 15) is 0 Å². The molecule has 2 rings (SSSR count). The molecule has 0 aromatic heterocycles. The predicted octanol–water partition coefficient (Wildman–Crippen LogP) is 5.52. The van der Waals surface area contributed by atoms with E-state index in [4.69, 9.17) is 4.74 Å². The topological polar surface area (TPSA) is 21.6 Å². The predicted molar refractivity (Wildman–Crippen MR) is 99.7 cm³/mol. The highest BCUT2D eigenvalue weighted by Gasteiger charge is 2.13. The van der Waals surface area contributed by atoms with Crippen LogP contribution in [0.2, 0.25) is 0 Å². The van der Waals surface area contributed by atoms with Crippen LogP contribution in [0.15, 0.2) is 47.5 Å². The van der Waals surface area contributed by atoms with Gasteiger partial charge >= 0.3 is 0 Å². The summed E-state index contributed by atoms with van der Waals surface area (Å²) in [6.45, 7) is 11.3. The highest BCUT2D eigenvalue weighted by Crippen LogP contribution is 2.34. The molecule has 23 heavy (non-hydrogen) atoms. The zero-order chi connectivity index (χ0) is 16.8. The maximum Gasteiger partial charge on any atom is 0.135 e. The SMILES string of the molecule is Cc1cc(C=NC(C)C)c(OCC(C)C)c(-c2ccccc2)c1. The molecule has 2 heteroatoms. The summed E-state index contributed by atoms with van der Waals surface area (Å²) in [5.41, 5.74) is 4.58. The van der Waals surface area contributed by atoms with Crippen molar-refractivity contribution in [1.82, 2.24) is 0 Å². The quantitative estimate of drug-likeness (QED) is 0.643. The smallest absolute Gasteiger partial charge is 0.135 e. The third-order valence-corrected chi connectivity index (χ3v) is 3.42. The zero-order valence-corrected chi connectivity index (χ0v) is 14.8. The molecule has 0 N–H and O–H groups in total. The standard InChI is InChI=1S/C21H27NO/c1-15(2)14-23-21-19(13-22-16(3)4)11-17(5)12-20(21)18-9-7-6-8-10-18/h6-13,15-16H,14H2,1-5H3. The molecule has 0 unspecified atom stereocenters. The molecule has 0 amide bonds. The van der Waals surface area contributed by atoms with Gasteiger partial charge in [0.2, 0.25) is 0 Å². The Balaban J connectivity index is 2.54. The summed E-state index contributed by atoms with van der Waals surface area (Å²) in [4.78, 5) is 4.55. The minimum atomic E-state index is 0.272. The lowest BCUT2D eigenvalue weighted by Gasteiger charge is -2.17. The van der Waals surface area contributed by atoms with Gasteiger partial charge in [0.15, 0.2) is 0 Å². The van der Waals surface area contributed by atoms with Crippen LogP contribution in [0, 0.1) is 12.8 Å². The summed E-state index contributed by atoms with van der Waals surface area (Å²) in [5, 5.41) is 0. The fraction of sp³-hybridized carbons (Fsp3) is 0.381. The van der Waals surface area contributed by atoms with E-state index in [2.05, 4.69) is 76.0 Å². The summed E-state index contributed by atoms with van der Waals surface area (Å²) >= 11 is 0. The summed E-state index contributed by atoms with van der Waals surface area (Å²) in [7, 11) is 0. The molecular formula is C21H27NO. The lowest BCUT2D eigenvalue weighted by molar-refractivity contribution is 0.272. The van der Waals surface area contributed by atoms with Gasteiger partial charge in [-0.3, -0.25) is 4.99 Å². The molecule has 122 valence electrons. The van der Waals surface area contributed by atoms with Crippen LogP contribution in [0.1, 0.15) is 38.8 Å². The zero-order valence-electron chi connectivity index (χ0n) is 14.8. The van der Waals surface area contributed by atoms with Gasteiger partial charge < -0.3 is 4.74 Å². The van der Waals surface area contributed by atoms with Crippen LogP contribution in [0.3, 0.4) is 0 Å². The lowest BCUT2D eigenvalue weighted by atomic mass is 9.98. The van der Waals surface area contributed by atoms with Gasteiger partial charge in [0, 0.05) is 23.4 Å². The highest BCUT2D eigenvalue weighted by atomic mass is 16.5. The van der Waals surface area contributed by atoms with Crippen molar-refractivity contribution < 1.29 is 4.74 Å². The summed E-state index contributed by atoms with van der Waals surface area (Å²) in [6.07, 6.45) is 1.94. The molecule has 2 aromatic carbocycles. The van der Waals surface area contributed by atoms with Crippen LogP contribution in [0.25, 0.3) is 11.1 Å². The van der Waals surface area contributed by atoms with Crippen molar-refractivity contribution in [3.8, 4) is 16.9 Å². The first kappa shape index (κ1) is 17.3. The number of ether oxygens (including phenoxy) is 1. The summed E-state index contributed by atoms with van der Waals surface area (Å²) in [6, 6.07) is 15.0. The van der Waals surface area contributed by atoms with Gasteiger partial charge in [0.1, 0.15) is 5.75 Å². The van der Waals surface area contributed by atoms with E-state index in [1.165, 1.54) is 11.1 Å². The van der Waals surface area contributed by atoms with E-state index in [0.29, 0.717) is 12.5 Å². The lowest BCUT2D eigenvalue weighted by Crippen LogP contribution is -2.08. The number of hydrogen-bond acceptors (Lipinski definition) is 2. The van der Waals surface area contributed by atoms with Crippen LogP contribution in [-0.4, -0.2) is 18.9 Å². The monoisotopic (exact) mass is 309 g/mol. The first-order valence-electron chi connectivity index (χ1n) is 8.33. The number of aryl methyl sites for hydroxylation is 1. The van der Waals surface area contributed by atoms with Gasteiger partial charge in [-0.1, -0.05) is 44.2 Å². The maximum absolute atomic E-state index is 6.18. The van der Waals surface area contributed by atoms with Gasteiger partial charge in [0.25, 0.3) is 0 Å². The van der Waals surface area contributed by atoms with E-state index in [0.717, 1.165) is 16.9 Å². The van der Waals surface area contributed by atoms with Crippen LogP contribution in [0.4, 0.5) is 0 Å². The summed E-state index contributed by atoms with van der Waals surface area (Å²) in [5.74, 6) is 1.41. The number of rotatable bonds is 6. The second kappa shape index (κ2) is 7.96.